The summed E-state index contributed by atoms with van der Waals surface area (Å²) in [5, 5.41) is 10.1. The van der Waals surface area contributed by atoms with Gasteiger partial charge in [0, 0.05) is 17.6 Å². The zero-order chi connectivity index (χ0) is 14.0. The average molecular weight is 331 g/mol. The molecule has 1 heterocycles. The van der Waals surface area contributed by atoms with Crippen LogP contribution in [-0.4, -0.2) is 34.6 Å². The van der Waals surface area contributed by atoms with Crippen LogP contribution in [0.3, 0.4) is 0 Å². The maximum atomic E-state index is 13.3. The molecule has 1 aromatic carbocycles. The molecule has 1 atom stereocenters. The third kappa shape index (κ3) is 3.52. The highest BCUT2D eigenvalue weighted by Crippen LogP contribution is 2.23. The van der Waals surface area contributed by atoms with Crippen molar-refractivity contribution in [2.24, 2.45) is 5.73 Å². The number of carbonyl (C=O) groups excluding carboxylic acids is 1. The quantitative estimate of drug-likeness (QED) is 0.880. The molecule has 1 fully saturated rings. The Morgan fingerprint density at radius 3 is 2.89 bits per heavy atom. The number of aliphatic hydroxyl groups is 1. The number of primary amides is 1. The van der Waals surface area contributed by atoms with Crippen molar-refractivity contribution in [3.63, 3.8) is 0 Å². The Morgan fingerprint density at radius 2 is 2.26 bits per heavy atom. The molecule has 19 heavy (non-hydrogen) atoms. The molecule has 1 aliphatic rings. The van der Waals surface area contributed by atoms with E-state index in [1.165, 1.54) is 12.1 Å². The van der Waals surface area contributed by atoms with Crippen molar-refractivity contribution in [2.75, 3.05) is 13.1 Å². The Balaban J connectivity index is 2.08. The molecular weight excluding hydrogens is 315 g/mol. The van der Waals surface area contributed by atoms with E-state index in [1.54, 1.807) is 0 Å². The van der Waals surface area contributed by atoms with Crippen LogP contribution < -0.4 is 5.73 Å². The SMILES string of the molecule is NC(=O)C1(O)CCCN(Cc2cc(F)cc(Br)c2)C1. The smallest absolute Gasteiger partial charge is 0.250 e. The highest BCUT2D eigenvalue weighted by molar-refractivity contribution is 9.10. The zero-order valence-corrected chi connectivity index (χ0v) is 12.0. The van der Waals surface area contributed by atoms with Crippen LogP contribution in [0, 0.1) is 5.82 Å². The first-order chi connectivity index (χ1) is 8.89. The summed E-state index contributed by atoms with van der Waals surface area (Å²) < 4.78 is 14.0. The second-order valence-electron chi connectivity index (χ2n) is 4.99. The predicted octanol–water partition coefficient (Wildman–Crippen LogP) is 1.40. The van der Waals surface area contributed by atoms with Crippen LogP contribution in [0.2, 0.25) is 0 Å². The van der Waals surface area contributed by atoms with Crippen LogP contribution in [0.4, 0.5) is 4.39 Å². The molecule has 1 saturated heterocycles. The maximum absolute atomic E-state index is 13.3. The first kappa shape index (κ1) is 14.4. The lowest BCUT2D eigenvalue weighted by atomic mass is 9.92. The van der Waals surface area contributed by atoms with Gasteiger partial charge in [-0.3, -0.25) is 9.69 Å². The van der Waals surface area contributed by atoms with Crippen LogP contribution in [0.1, 0.15) is 18.4 Å². The lowest BCUT2D eigenvalue weighted by Gasteiger charge is -2.37. The van der Waals surface area contributed by atoms with Gasteiger partial charge in [-0.1, -0.05) is 15.9 Å². The number of halogens is 2. The number of piperidine rings is 1. The topological polar surface area (TPSA) is 66.6 Å². The summed E-state index contributed by atoms with van der Waals surface area (Å²) in [6.45, 7) is 1.42. The fraction of sp³-hybridized carbons (Fsp3) is 0.462. The first-order valence-corrected chi connectivity index (χ1v) is 6.88. The van der Waals surface area contributed by atoms with Gasteiger partial charge in [0.15, 0.2) is 5.60 Å². The molecule has 1 aliphatic heterocycles. The Labute approximate surface area is 119 Å². The molecular formula is C13H16BrFN2O2. The number of nitrogens with two attached hydrogens (primary N) is 1. The Kier molecular flexibility index (Phi) is 4.23. The van der Waals surface area contributed by atoms with Gasteiger partial charge < -0.3 is 10.8 Å². The summed E-state index contributed by atoms with van der Waals surface area (Å²) in [5.41, 5.74) is 4.54. The number of nitrogens with zero attached hydrogens (tertiary/aromatic N) is 1. The van der Waals surface area contributed by atoms with Crippen LogP contribution >= 0.6 is 15.9 Å². The summed E-state index contributed by atoms with van der Waals surface area (Å²) in [6.07, 6.45) is 1.07. The van der Waals surface area contributed by atoms with E-state index in [4.69, 9.17) is 5.73 Å². The molecule has 0 radical (unpaired) electrons. The number of benzene rings is 1. The lowest BCUT2D eigenvalue weighted by Crippen LogP contribution is -2.55. The molecule has 0 bridgehead atoms. The van der Waals surface area contributed by atoms with Crippen molar-refractivity contribution >= 4 is 21.8 Å². The van der Waals surface area contributed by atoms with Gasteiger partial charge in [-0.15, -0.1) is 0 Å². The number of hydrogen-bond acceptors (Lipinski definition) is 3. The molecule has 2 rings (SSSR count). The molecule has 6 heteroatoms. The highest BCUT2D eigenvalue weighted by Gasteiger charge is 2.38. The third-order valence-corrected chi connectivity index (χ3v) is 3.79. The molecule has 0 spiro atoms. The molecule has 4 nitrogen and oxygen atoms in total. The predicted molar refractivity (Wildman–Crippen MR) is 72.8 cm³/mol. The van der Waals surface area contributed by atoms with Crippen molar-refractivity contribution in [1.82, 2.24) is 4.90 Å². The molecule has 1 aromatic rings. The van der Waals surface area contributed by atoms with Crippen LogP contribution in [0.15, 0.2) is 22.7 Å². The minimum atomic E-state index is -1.47. The van der Waals surface area contributed by atoms with Crippen LogP contribution in [0.5, 0.6) is 0 Å². The van der Waals surface area contributed by atoms with Gasteiger partial charge in [-0.2, -0.15) is 0 Å². The largest absolute Gasteiger partial charge is 0.379 e. The van der Waals surface area contributed by atoms with E-state index in [2.05, 4.69) is 15.9 Å². The van der Waals surface area contributed by atoms with E-state index >= 15 is 0 Å². The first-order valence-electron chi connectivity index (χ1n) is 6.09. The van der Waals surface area contributed by atoms with Crippen molar-refractivity contribution in [1.29, 1.82) is 0 Å². The minimum absolute atomic E-state index is 0.191. The van der Waals surface area contributed by atoms with Crippen molar-refractivity contribution in [2.45, 2.75) is 25.0 Å². The summed E-state index contributed by atoms with van der Waals surface area (Å²) in [6, 6.07) is 4.66. The standard InChI is InChI=1S/C13H16BrFN2O2/c14-10-4-9(5-11(15)6-10)7-17-3-1-2-13(19,8-17)12(16)18/h4-6,19H,1-3,7-8H2,(H2,16,18). The molecule has 0 saturated carbocycles. The molecule has 0 aliphatic carbocycles. The van der Waals surface area contributed by atoms with E-state index in [9.17, 15) is 14.3 Å². The van der Waals surface area contributed by atoms with Crippen LogP contribution in [-0.2, 0) is 11.3 Å². The molecule has 0 aromatic heterocycles. The minimum Gasteiger partial charge on any atom is -0.379 e. The van der Waals surface area contributed by atoms with Gasteiger partial charge in [0.1, 0.15) is 5.82 Å². The number of amides is 1. The van der Waals surface area contributed by atoms with E-state index in [1.807, 2.05) is 11.0 Å². The van der Waals surface area contributed by atoms with Gasteiger partial charge in [-0.05, 0) is 43.1 Å². The average Bonchev–Trinajstić information content (AvgIpc) is 2.27. The van der Waals surface area contributed by atoms with Crippen molar-refractivity contribution in [3.8, 4) is 0 Å². The number of likely N-dealkylation sites (tertiary alicyclic amines) is 1. The second kappa shape index (κ2) is 5.56. The van der Waals surface area contributed by atoms with Gasteiger partial charge >= 0.3 is 0 Å². The van der Waals surface area contributed by atoms with E-state index in [-0.39, 0.29) is 12.4 Å². The molecule has 1 unspecified atom stereocenters. The normalized spacial score (nSPS) is 24.4. The summed E-state index contributed by atoms with van der Waals surface area (Å²) >= 11 is 3.24. The van der Waals surface area contributed by atoms with Crippen molar-refractivity contribution in [3.05, 3.63) is 34.1 Å². The van der Waals surface area contributed by atoms with Crippen molar-refractivity contribution < 1.29 is 14.3 Å². The molecule has 3 N–H and O–H groups in total. The summed E-state index contributed by atoms with van der Waals surface area (Å²) in [7, 11) is 0. The number of hydrogen-bond donors (Lipinski definition) is 2. The third-order valence-electron chi connectivity index (χ3n) is 3.34. The van der Waals surface area contributed by atoms with Gasteiger partial charge in [0.25, 0.3) is 5.91 Å². The van der Waals surface area contributed by atoms with E-state index < -0.39 is 11.5 Å². The summed E-state index contributed by atoms with van der Waals surface area (Å²) in [5.74, 6) is -1.01. The summed E-state index contributed by atoms with van der Waals surface area (Å²) in [4.78, 5) is 13.2. The molecule has 1 amide bonds. The number of carbonyl (C=O) groups is 1. The Morgan fingerprint density at radius 1 is 1.53 bits per heavy atom. The fourth-order valence-electron chi connectivity index (χ4n) is 2.42. The second-order valence-corrected chi connectivity index (χ2v) is 5.90. The van der Waals surface area contributed by atoms with E-state index in [0.29, 0.717) is 23.9 Å². The highest BCUT2D eigenvalue weighted by atomic mass is 79.9. The number of β-amino-alcohol motifs (C(OH)–C–C–N with tert-alkyl or cyclic N) is 1. The lowest BCUT2D eigenvalue weighted by molar-refractivity contribution is -0.142. The zero-order valence-electron chi connectivity index (χ0n) is 10.4. The maximum Gasteiger partial charge on any atom is 0.250 e. The van der Waals surface area contributed by atoms with Gasteiger partial charge in [0.2, 0.25) is 0 Å². The van der Waals surface area contributed by atoms with Gasteiger partial charge in [0.05, 0.1) is 0 Å². The monoisotopic (exact) mass is 330 g/mol. The molecule has 104 valence electrons. The number of rotatable bonds is 3. The van der Waals surface area contributed by atoms with Gasteiger partial charge in [-0.25, -0.2) is 4.39 Å². The Bertz CT molecular complexity index is 477. The Hall–Kier alpha value is -0.980. The van der Waals surface area contributed by atoms with Crippen LogP contribution in [0.25, 0.3) is 0 Å². The fourth-order valence-corrected chi connectivity index (χ4v) is 2.93. The van der Waals surface area contributed by atoms with E-state index in [0.717, 1.165) is 12.1 Å².